The molecule has 1 aromatic carbocycles. The van der Waals surface area contributed by atoms with Crippen LogP contribution in [0.3, 0.4) is 0 Å². The first-order valence-corrected chi connectivity index (χ1v) is 8.48. The summed E-state index contributed by atoms with van der Waals surface area (Å²) < 4.78 is 6.21. The predicted octanol–water partition coefficient (Wildman–Crippen LogP) is 4.53. The second-order valence-electron chi connectivity index (χ2n) is 7.00. The first-order valence-electron chi connectivity index (χ1n) is 8.48. The third kappa shape index (κ3) is 5.12. The Balaban J connectivity index is 1.88. The van der Waals surface area contributed by atoms with E-state index in [1.165, 1.54) is 30.4 Å². The molecule has 0 radical (unpaired) electrons. The summed E-state index contributed by atoms with van der Waals surface area (Å²) in [5.74, 6) is 1.65. The number of hydrogen-bond acceptors (Lipinski definition) is 2. The van der Waals surface area contributed by atoms with E-state index in [1.807, 2.05) is 0 Å². The van der Waals surface area contributed by atoms with E-state index < -0.39 is 0 Å². The van der Waals surface area contributed by atoms with Crippen molar-refractivity contribution in [3.05, 3.63) is 35.4 Å². The maximum atomic E-state index is 6.21. The zero-order valence-electron chi connectivity index (χ0n) is 14.1. The van der Waals surface area contributed by atoms with Crippen LogP contribution in [-0.4, -0.2) is 12.1 Å². The van der Waals surface area contributed by atoms with Crippen molar-refractivity contribution in [1.29, 1.82) is 0 Å². The Bertz CT molecular complexity index is 429. The summed E-state index contributed by atoms with van der Waals surface area (Å²) in [6.07, 6.45) is 4.19. The molecule has 118 valence electrons. The smallest absolute Gasteiger partial charge is 0.0723 e. The second-order valence-corrected chi connectivity index (χ2v) is 7.00. The Kier molecular flexibility index (Phi) is 6.25. The number of nitrogens with one attached hydrogen (secondary N) is 1. The molecule has 0 aromatic heterocycles. The molecule has 0 bridgehead atoms. The fraction of sp³-hybridized carbons (Fsp3) is 0.684. The molecule has 1 aromatic rings. The van der Waals surface area contributed by atoms with E-state index in [2.05, 4.69) is 57.3 Å². The van der Waals surface area contributed by atoms with Crippen molar-refractivity contribution < 1.29 is 4.74 Å². The minimum atomic E-state index is 0.447. The van der Waals surface area contributed by atoms with E-state index in [0.29, 0.717) is 12.1 Å². The maximum absolute atomic E-state index is 6.21. The third-order valence-electron chi connectivity index (χ3n) is 4.84. The molecule has 1 saturated carbocycles. The van der Waals surface area contributed by atoms with Crippen molar-refractivity contribution >= 4 is 0 Å². The lowest BCUT2D eigenvalue weighted by atomic mass is 9.80. The average Bonchev–Trinajstić information content (AvgIpc) is 2.47. The lowest BCUT2D eigenvalue weighted by Crippen LogP contribution is -2.27. The highest BCUT2D eigenvalue weighted by atomic mass is 16.5. The molecule has 3 atom stereocenters. The Morgan fingerprint density at radius 2 is 1.81 bits per heavy atom. The van der Waals surface area contributed by atoms with E-state index in [4.69, 9.17) is 4.74 Å². The lowest BCUT2D eigenvalue weighted by molar-refractivity contribution is -0.00773. The highest BCUT2D eigenvalue weighted by Gasteiger charge is 2.25. The molecule has 1 fully saturated rings. The summed E-state index contributed by atoms with van der Waals surface area (Å²) in [4.78, 5) is 0. The van der Waals surface area contributed by atoms with Gasteiger partial charge in [0.2, 0.25) is 0 Å². The zero-order chi connectivity index (χ0) is 15.2. The van der Waals surface area contributed by atoms with Gasteiger partial charge in [-0.1, -0.05) is 52.0 Å². The van der Waals surface area contributed by atoms with Gasteiger partial charge in [0.15, 0.2) is 0 Å². The van der Waals surface area contributed by atoms with Gasteiger partial charge >= 0.3 is 0 Å². The van der Waals surface area contributed by atoms with Crippen LogP contribution in [0.2, 0.25) is 0 Å². The van der Waals surface area contributed by atoms with Crippen LogP contribution < -0.4 is 5.32 Å². The Morgan fingerprint density at radius 1 is 1.10 bits per heavy atom. The van der Waals surface area contributed by atoms with Crippen molar-refractivity contribution in [2.45, 2.75) is 72.3 Å². The molecular formula is C19H31NO. The second kappa shape index (κ2) is 7.95. The number of ether oxygens (including phenoxy) is 1. The Morgan fingerprint density at radius 3 is 2.48 bits per heavy atom. The average molecular weight is 289 g/mol. The molecule has 2 rings (SSSR count). The van der Waals surface area contributed by atoms with Gasteiger partial charge < -0.3 is 10.1 Å². The summed E-state index contributed by atoms with van der Waals surface area (Å²) in [6, 6.07) is 9.15. The Labute approximate surface area is 130 Å². The van der Waals surface area contributed by atoms with Gasteiger partial charge in [0.05, 0.1) is 12.7 Å². The summed E-state index contributed by atoms with van der Waals surface area (Å²) in [7, 11) is 0. The van der Waals surface area contributed by atoms with Crippen molar-refractivity contribution in [3.63, 3.8) is 0 Å². The van der Waals surface area contributed by atoms with Gasteiger partial charge in [-0.2, -0.15) is 0 Å². The summed E-state index contributed by atoms with van der Waals surface area (Å²) in [5, 5.41) is 3.50. The number of hydrogen-bond donors (Lipinski definition) is 1. The Hall–Kier alpha value is -0.860. The first kappa shape index (κ1) is 16.5. The fourth-order valence-electron chi connectivity index (χ4n) is 3.04. The van der Waals surface area contributed by atoms with Crippen molar-refractivity contribution in [1.82, 2.24) is 5.32 Å². The van der Waals surface area contributed by atoms with Gasteiger partial charge in [-0.25, -0.2) is 0 Å². The van der Waals surface area contributed by atoms with E-state index in [0.717, 1.165) is 25.0 Å². The minimum absolute atomic E-state index is 0.447. The standard InChI is InChI=1S/C19H31NO/c1-14(2)20-12-17-7-5-6-8-18(17)13-21-19-10-9-15(3)16(4)11-19/h5-8,14-16,19-20H,9-13H2,1-4H3. The molecule has 1 N–H and O–H groups in total. The molecule has 1 aliphatic rings. The van der Waals surface area contributed by atoms with Crippen molar-refractivity contribution in [2.75, 3.05) is 0 Å². The third-order valence-corrected chi connectivity index (χ3v) is 4.84. The normalized spacial score (nSPS) is 26.2. The highest BCUT2D eigenvalue weighted by molar-refractivity contribution is 5.26. The van der Waals surface area contributed by atoms with Crippen LogP contribution in [0.1, 0.15) is 58.1 Å². The highest BCUT2D eigenvalue weighted by Crippen LogP contribution is 2.31. The van der Waals surface area contributed by atoms with Gasteiger partial charge in [0.25, 0.3) is 0 Å². The molecule has 0 amide bonds. The van der Waals surface area contributed by atoms with Gasteiger partial charge in [0.1, 0.15) is 0 Å². The van der Waals surface area contributed by atoms with E-state index >= 15 is 0 Å². The SMILES string of the molecule is CC(C)NCc1ccccc1COC1CCC(C)C(C)C1. The zero-order valence-corrected chi connectivity index (χ0v) is 14.1. The molecule has 2 heteroatoms. The van der Waals surface area contributed by atoms with E-state index in [9.17, 15) is 0 Å². The molecule has 1 aliphatic carbocycles. The molecule has 21 heavy (non-hydrogen) atoms. The molecule has 0 saturated heterocycles. The fourth-order valence-corrected chi connectivity index (χ4v) is 3.04. The first-order chi connectivity index (χ1) is 10.1. The topological polar surface area (TPSA) is 21.3 Å². The molecule has 0 heterocycles. The van der Waals surface area contributed by atoms with E-state index in [-0.39, 0.29) is 0 Å². The van der Waals surface area contributed by atoms with Gasteiger partial charge in [-0.3, -0.25) is 0 Å². The van der Waals surface area contributed by atoms with Crippen LogP contribution in [0.25, 0.3) is 0 Å². The molecule has 3 unspecified atom stereocenters. The summed E-state index contributed by atoms with van der Waals surface area (Å²) >= 11 is 0. The number of rotatable bonds is 6. The quantitative estimate of drug-likeness (QED) is 0.831. The van der Waals surface area contributed by atoms with Crippen LogP contribution in [0, 0.1) is 11.8 Å². The van der Waals surface area contributed by atoms with Crippen LogP contribution in [0.15, 0.2) is 24.3 Å². The maximum Gasteiger partial charge on any atom is 0.0723 e. The van der Waals surface area contributed by atoms with Crippen LogP contribution in [0.4, 0.5) is 0 Å². The molecule has 2 nitrogen and oxygen atoms in total. The molecule has 0 spiro atoms. The monoisotopic (exact) mass is 289 g/mol. The van der Waals surface area contributed by atoms with Crippen LogP contribution in [-0.2, 0) is 17.9 Å². The van der Waals surface area contributed by atoms with Crippen LogP contribution in [0.5, 0.6) is 0 Å². The van der Waals surface area contributed by atoms with E-state index in [1.54, 1.807) is 0 Å². The van der Waals surface area contributed by atoms with Gasteiger partial charge in [-0.05, 0) is 42.2 Å². The number of benzene rings is 1. The predicted molar refractivity (Wildman–Crippen MR) is 89.2 cm³/mol. The van der Waals surface area contributed by atoms with Crippen molar-refractivity contribution in [3.8, 4) is 0 Å². The molecule has 0 aliphatic heterocycles. The lowest BCUT2D eigenvalue weighted by Gasteiger charge is -2.32. The molecular weight excluding hydrogens is 258 g/mol. The van der Waals surface area contributed by atoms with Gasteiger partial charge in [-0.15, -0.1) is 0 Å². The van der Waals surface area contributed by atoms with Crippen LogP contribution >= 0.6 is 0 Å². The van der Waals surface area contributed by atoms with Crippen molar-refractivity contribution in [2.24, 2.45) is 11.8 Å². The summed E-state index contributed by atoms with van der Waals surface area (Å²) in [5.41, 5.74) is 2.69. The van der Waals surface area contributed by atoms with Gasteiger partial charge in [0, 0.05) is 12.6 Å². The largest absolute Gasteiger partial charge is 0.374 e. The summed E-state index contributed by atoms with van der Waals surface area (Å²) in [6.45, 7) is 10.8. The minimum Gasteiger partial charge on any atom is -0.374 e.